The van der Waals surface area contributed by atoms with Gasteiger partial charge in [0.2, 0.25) is 5.91 Å². The molecule has 0 spiro atoms. The van der Waals surface area contributed by atoms with Crippen molar-refractivity contribution in [3.63, 3.8) is 0 Å². The smallest absolute Gasteiger partial charge is 0.306 e. The molecular weight excluding hydrogens is 422 g/mol. The Morgan fingerprint density at radius 2 is 0.912 bits per heavy atom. The molecule has 0 heterocycles. The van der Waals surface area contributed by atoms with E-state index in [0.717, 1.165) is 32.1 Å². The van der Waals surface area contributed by atoms with Gasteiger partial charge in [-0.3, -0.25) is 9.59 Å². The number of carbonyl (C=O) groups excluding carboxylic acids is 2. The Morgan fingerprint density at radius 1 is 0.559 bits per heavy atom. The van der Waals surface area contributed by atoms with Crippen molar-refractivity contribution in [3.05, 3.63) is 0 Å². The summed E-state index contributed by atoms with van der Waals surface area (Å²) < 4.78 is 5.60. The average Bonchev–Trinajstić information content (AvgIpc) is 2.80. The Kier molecular flexibility index (Phi) is 25.7. The fourth-order valence-corrected chi connectivity index (χ4v) is 4.64. The number of amides is 1. The number of primary amides is 1. The molecule has 0 saturated heterocycles. The molecule has 0 aromatic rings. The molecular formula is C30H59NO3. The first kappa shape index (κ1) is 32.9. The van der Waals surface area contributed by atoms with E-state index in [-0.39, 0.29) is 24.4 Å². The zero-order valence-electron chi connectivity index (χ0n) is 23.1. The van der Waals surface area contributed by atoms with Crippen LogP contribution in [0.3, 0.4) is 0 Å². The Morgan fingerprint density at radius 3 is 1.29 bits per heavy atom. The number of unbranched alkanes of at least 4 members (excludes halogenated alkanes) is 20. The molecule has 202 valence electrons. The molecule has 0 radical (unpaired) electrons. The van der Waals surface area contributed by atoms with E-state index in [1.807, 2.05) is 0 Å². The quantitative estimate of drug-likeness (QED) is 0.0938. The molecule has 0 fully saturated rings. The van der Waals surface area contributed by atoms with E-state index in [1.165, 1.54) is 116 Å². The first-order valence-electron chi connectivity index (χ1n) is 15.1. The third-order valence-corrected chi connectivity index (χ3v) is 6.84. The lowest BCUT2D eigenvalue weighted by Crippen LogP contribution is -2.25. The van der Waals surface area contributed by atoms with Gasteiger partial charge in [0, 0.05) is 6.42 Å². The van der Waals surface area contributed by atoms with Gasteiger partial charge >= 0.3 is 5.97 Å². The van der Waals surface area contributed by atoms with Crippen LogP contribution in [0, 0.1) is 0 Å². The van der Waals surface area contributed by atoms with Crippen LogP contribution in [-0.2, 0) is 14.3 Å². The normalized spacial score (nSPS) is 12.1. The van der Waals surface area contributed by atoms with E-state index >= 15 is 0 Å². The molecule has 0 aliphatic carbocycles. The summed E-state index contributed by atoms with van der Waals surface area (Å²) in [7, 11) is 0. The molecule has 0 aromatic carbocycles. The van der Waals surface area contributed by atoms with E-state index < -0.39 is 0 Å². The Hall–Kier alpha value is -1.06. The summed E-state index contributed by atoms with van der Waals surface area (Å²) in [6, 6.07) is 0. The number of esters is 1. The van der Waals surface area contributed by atoms with Crippen molar-refractivity contribution in [1.29, 1.82) is 0 Å². The van der Waals surface area contributed by atoms with Gasteiger partial charge in [0.15, 0.2) is 0 Å². The van der Waals surface area contributed by atoms with Crippen LogP contribution in [0.2, 0.25) is 0 Å². The fraction of sp³-hybridized carbons (Fsp3) is 0.933. The van der Waals surface area contributed by atoms with Crippen molar-refractivity contribution in [1.82, 2.24) is 0 Å². The highest BCUT2D eigenvalue weighted by atomic mass is 16.5. The van der Waals surface area contributed by atoms with Gasteiger partial charge in [0.1, 0.15) is 6.10 Å². The lowest BCUT2D eigenvalue weighted by Gasteiger charge is -2.16. The van der Waals surface area contributed by atoms with Crippen molar-refractivity contribution < 1.29 is 14.3 Å². The predicted octanol–water partition coefficient (Wildman–Crippen LogP) is 9.18. The maximum atomic E-state index is 12.2. The molecule has 1 atom stereocenters. The molecule has 4 nitrogen and oxygen atoms in total. The summed E-state index contributed by atoms with van der Waals surface area (Å²) in [5, 5.41) is 0. The van der Waals surface area contributed by atoms with E-state index in [4.69, 9.17) is 10.5 Å². The first-order valence-corrected chi connectivity index (χ1v) is 15.1. The highest BCUT2D eigenvalue weighted by Crippen LogP contribution is 2.16. The maximum Gasteiger partial charge on any atom is 0.306 e. The fourth-order valence-electron chi connectivity index (χ4n) is 4.64. The minimum Gasteiger partial charge on any atom is -0.462 e. The zero-order chi connectivity index (χ0) is 25.1. The minimum atomic E-state index is -0.380. The topological polar surface area (TPSA) is 69.4 Å². The molecule has 4 heteroatoms. The van der Waals surface area contributed by atoms with Gasteiger partial charge in [0.25, 0.3) is 0 Å². The predicted molar refractivity (Wildman–Crippen MR) is 146 cm³/mol. The van der Waals surface area contributed by atoms with Crippen LogP contribution in [0.15, 0.2) is 0 Å². The Balaban J connectivity index is 3.67. The SMILES string of the molecule is CCCCCCCCCCCCCCCC(=O)O[C@H](CCCCCCCCCCC)CC(N)=O. The van der Waals surface area contributed by atoms with E-state index in [9.17, 15) is 9.59 Å². The van der Waals surface area contributed by atoms with E-state index in [1.54, 1.807) is 0 Å². The number of nitrogens with two attached hydrogens (primary N) is 1. The van der Waals surface area contributed by atoms with Gasteiger partial charge in [-0.1, -0.05) is 142 Å². The summed E-state index contributed by atoms with van der Waals surface area (Å²) in [4.78, 5) is 23.6. The second kappa shape index (κ2) is 26.5. The molecule has 0 rings (SSSR count). The minimum absolute atomic E-state index is 0.154. The third-order valence-electron chi connectivity index (χ3n) is 6.84. The standard InChI is InChI=1S/C30H59NO3/c1-3-5-7-9-11-13-14-15-16-18-20-22-24-26-30(33)34-28(27-29(31)32)25-23-21-19-17-12-10-8-6-4-2/h28H,3-27H2,1-2H3,(H2,31,32)/t28-/m1/s1. The molecule has 0 aromatic heterocycles. The third kappa shape index (κ3) is 25.6. The van der Waals surface area contributed by atoms with Crippen molar-refractivity contribution >= 4 is 11.9 Å². The zero-order valence-corrected chi connectivity index (χ0v) is 23.1. The van der Waals surface area contributed by atoms with Crippen LogP contribution in [0.5, 0.6) is 0 Å². The van der Waals surface area contributed by atoms with Crippen LogP contribution in [0.1, 0.15) is 174 Å². The lowest BCUT2D eigenvalue weighted by atomic mass is 10.0. The van der Waals surface area contributed by atoms with Crippen LogP contribution in [-0.4, -0.2) is 18.0 Å². The first-order chi connectivity index (χ1) is 16.6. The number of hydrogen-bond acceptors (Lipinski definition) is 3. The average molecular weight is 482 g/mol. The largest absolute Gasteiger partial charge is 0.462 e. The highest BCUT2D eigenvalue weighted by molar-refractivity contribution is 5.75. The van der Waals surface area contributed by atoms with Gasteiger partial charge in [-0.25, -0.2) is 0 Å². The number of rotatable bonds is 27. The molecule has 0 saturated carbocycles. The summed E-state index contributed by atoms with van der Waals surface area (Å²) in [6.45, 7) is 4.51. The number of hydrogen-bond donors (Lipinski definition) is 1. The summed E-state index contributed by atoms with van der Waals surface area (Å²) in [5.74, 6) is -0.542. The summed E-state index contributed by atoms with van der Waals surface area (Å²) in [6.07, 6.45) is 29.1. The molecule has 1 amide bonds. The lowest BCUT2D eigenvalue weighted by molar-refractivity contribution is -0.150. The molecule has 0 bridgehead atoms. The monoisotopic (exact) mass is 481 g/mol. The van der Waals surface area contributed by atoms with Gasteiger partial charge < -0.3 is 10.5 Å². The van der Waals surface area contributed by atoms with Crippen LogP contribution < -0.4 is 5.73 Å². The van der Waals surface area contributed by atoms with Crippen LogP contribution in [0.4, 0.5) is 0 Å². The van der Waals surface area contributed by atoms with Gasteiger partial charge in [0.05, 0.1) is 6.42 Å². The van der Waals surface area contributed by atoms with E-state index in [2.05, 4.69) is 13.8 Å². The number of ether oxygens (including phenoxy) is 1. The van der Waals surface area contributed by atoms with Gasteiger partial charge in [-0.05, 0) is 19.3 Å². The highest BCUT2D eigenvalue weighted by Gasteiger charge is 2.16. The second-order valence-electron chi connectivity index (χ2n) is 10.4. The second-order valence-corrected chi connectivity index (χ2v) is 10.4. The number of carbonyl (C=O) groups is 2. The van der Waals surface area contributed by atoms with Crippen molar-refractivity contribution in [2.24, 2.45) is 5.73 Å². The van der Waals surface area contributed by atoms with Crippen LogP contribution in [0.25, 0.3) is 0 Å². The molecule has 0 aliphatic rings. The van der Waals surface area contributed by atoms with Crippen molar-refractivity contribution in [3.8, 4) is 0 Å². The van der Waals surface area contributed by atoms with E-state index in [0.29, 0.717) is 6.42 Å². The summed E-state index contributed by atoms with van der Waals surface area (Å²) in [5.41, 5.74) is 5.37. The Labute approximate surface area is 212 Å². The van der Waals surface area contributed by atoms with Crippen LogP contribution >= 0.6 is 0 Å². The Bertz CT molecular complexity index is 452. The summed E-state index contributed by atoms with van der Waals surface area (Å²) >= 11 is 0. The molecule has 0 unspecified atom stereocenters. The van der Waals surface area contributed by atoms with Gasteiger partial charge in [-0.2, -0.15) is 0 Å². The molecule has 2 N–H and O–H groups in total. The van der Waals surface area contributed by atoms with Crippen molar-refractivity contribution in [2.45, 2.75) is 180 Å². The van der Waals surface area contributed by atoms with Crippen molar-refractivity contribution in [2.75, 3.05) is 0 Å². The maximum absolute atomic E-state index is 12.2. The molecule has 34 heavy (non-hydrogen) atoms. The van der Waals surface area contributed by atoms with Gasteiger partial charge in [-0.15, -0.1) is 0 Å². The molecule has 0 aliphatic heterocycles.